The van der Waals surface area contributed by atoms with Gasteiger partial charge < -0.3 is 10.2 Å². The quantitative estimate of drug-likeness (QED) is 0.569. The zero-order chi connectivity index (χ0) is 16.5. The summed E-state index contributed by atoms with van der Waals surface area (Å²) in [4.78, 5) is 0. The summed E-state index contributed by atoms with van der Waals surface area (Å²) < 4.78 is 0. The van der Waals surface area contributed by atoms with Crippen LogP contribution in [0.4, 0.5) is 0 Å². The number of aromatic hydroxyl groups is 1. The van der Waals surface area contributed by atoms with Crippen LogP contribution in [0.5, 0.6) is 5.75 Å². The Bertz CT molecular complexity index is 1020. The predicted molar refractivity (Wildman–Crippen MR) is 98.5 cm³/mol. The van der Waals surface area contributed by atoms with Crippen LogP contribution in [0.1, 0.15) is 17.0 Å². The molecule has 118 valence electrons. The Hall–Kier alpha value is -2.84. The second kappa shape index (κ2) is 5.99. The van der Waals surface area contributed by atoms with Gasteiger partial charge in [0.25, 0.3) is 0 Å². The lowest BCUT2D eigenvalue weighted by molar-refractivity contribution is 0.279. The van der Waals surface area contributed by atoms with Crippen LogP contribution in [0.2, 0.25) is 0 Å². The summed E-state index contributed by atoms with van der Waals surface area (Å²) in [6, 6.07) is 25.8. The Morgan fingerprint density at radius 3 is 2.04 bits per heavy atom. The van der Waals surface area contributed by atoms with Gasteiger partial charge in [0, 0.05) is 11.5 Å². The van der Waals surface area contributed by atoms with Gasteiger partial charge in [-0.05, 0) is 33.2 Å². The van der Waals surface area contributed by atoms with Gasteiger partial charge in [-0.25, -0.2) is 0 Å². The van der Waals surface area contributed by atoms with Crippen molar-refractivity contribution in [1.82, 2.24) is 0 Å². The number of aliphatic hydroxyl groups excluding tert-OH is 1. The Labute approximate surface area is 140 Å². The molecule has 4 aromatic rings. The van der Waals surface area contributed by atoms with Crippen molar-refractivity contribution in [2.75, 3.05) is 6.61 Å². The van der Waals surface area contributed by atoms with Gasteiger partial charge in [-0.3, -0.25) is 0 Å². The molecule has 1 unspecified atom stereocenters. The van der Waals surface area contributed by atoms with Crippen LogP contribution in [-0.4, -0.2) is 16.8 Å². The summed E-state index contributed by atoms with van der Waals surface area (Å²) in [5.74, 6) is -0.0529. The smallest absolute Gasteiger partial charge is 0.120 e. The van der Waals surface area contributed by atoms with E-state index in [2.05, 4.69) is 18.2 Å². The fourth-order valence-electron chi connectivity index (χ4n) is 3.55. The minimum Gasteiger partial charge on any atom is -0.508 e. The summed E-state index contributed by atoms with van der Waals surface area (Å²) in [6.45, 7) is -0.0599. The summed E-state index contributed by atoms with van der Waals surface area (Å²) in [6.07, 6.45) is 0. The zero-order valence-corrected chi connectivity index (χ0v) is 13.2. The Balaban J connectivity index is 2.02. The molecule has 1 atom stereocenters. The standard InChI is InChI=1S/C22H18O2/c23-14-20(19-11-5-8-15-6-1-3-9-17(15)19)22-18-10-4-2-7-16(18)12-13-21(22)24/h1-13,20,23-24H,14H2. The van der Waals surface area contributed by atoms with Gasteiger partial charge in [-0.1, -0.05) is 72.8 Å². The van der Waals surface area contributed by atoms with E-state index in [1.54, 1.807) is 6.07 Å². The molecule has 2 heteroatoms. The summed E-state index contributed by atoms with van der Waals surface area (Å²) in [5, 5.41) is 25.0. The van der Waals surface area contributed by atoms with Gasteiger partial charge in [-0.2, -0.15) is 0 Å². The number of phenols is 1. The molecule has 0 amide bonds. The van der Waals surface area contributed by atoms with E-state index in [0.29, 0.717) is 0 Å². The lowest BCUT2D eigenvalue weighted by Crippen LogP contribution is -2.08. The zero-order valence-electron chi connectivity index (χ0n) is 13.2. The minimum absolute atomic E-state index is 0.0599. The summed E-state index contributed by atoms with van der Waals surface area (Å²) in [5.41, 5.74) is 1.81. The van der Waals surface area contributed by atoms with Gasteiger partial charge >= 0.3 is 0 Å². The summed E-state index contributed by atoms with van der Waals surface area (Å²) >= 11 is 0. The SMILES string of the molecule is OCC(c1cccc2ccccc12)c1c(O)ccc2ccccc12. The first-order valence-corrected chi connectivity index (χ1v) is 8.08. The molecule has 0 heterocycles. The molecule has 0 bridgehead atoms. The molecule has 0 spiro atoms. The lowest BCUT2D eigenvalue weighted by atomic mass is 9.85. The highest BCUT2D eigenvalue weighted by Crippen LogP contribution is 2.39. The van der Waals surface area contributed by atoms with E-state index in [1.807, 2.05) is 54.6 Å². The van der Waals surface area contributed by atoms with E-state index in [4.69, 9.17) is 0 Å². The van der Waals surface area contributed by atoms with E-state index in [1.165, 1.54) is 0 Å². The lowest BCUT2D eigenvalue weighted by Gasteiger charge is -2.20. The maximum atomic E-state index is 10.5. The first-order valence-electron chi connectivity index (χ1n) is 8.08. The highest BCUT2D eigenvalue weighted by atomic mass is 16.3. The molecule has 0 fully saturated rings. The molecule has 24 heavy (non-hydrogen) atoms. The fraction of sp³-hybridized carbons (Fsp3) is 0.0909. The Morgan fingerprint density at radius 1 is 0.667 bits per heavy atom. The first-order chi connectivity index (χ1) is 11.8. The highest BCUT2D eigenvalue weighted by Gasteiger charge is 2.21. The molecule has 2 N–H and O–H groups in total. The number of rotatable bonds is 3. The normalized spacial score (nSPS) is 12.5. The molecular formula is C22H18O2. The predicted octanol–water partition coefficient (Wildman–Crippen LogP) is 4.82. The number of fused-ring (bicyclic) bond motifs is 2. The van der Waals surface area contributed by atoms with Crippen molar-refractivity contribution in [3.05, 3.63) is 90.0 Å². The maximum absolute atomic E-state index is 10.5. The van der Waals surface area contributed by atoms with Crippen LogP contribution in [-0.2, 0) is 0 Å². The third-order valence-corrected chi connectivity index (χ3v) is 4.68. The monoisotopic (exact) mass is 314 g/mol. The van der Waals surface area contributed by atoms with Crippen molar-refractivity contribution in [3.63, 3.8) is 0 Å². The van der Waals surface area contributed by atoms with Gasteiger partial charge in [0.15, 0.2) is 0 Å². The number of aliphatic hydroxyl groups is 1. The number of hydrogen-bond acceptors (Lipinski definition) is 2. The second-order valence-electron chi connectivity index (χ2n) is 6.02. The molecule has 4 aromatic carbocycles. The summed E-state index contributed by atoms with van der Waals surface area (Å²) in [7, 11) is 0. The minimum atomic E-state index is -0.276. The van der Waals surface area contributed by atoms with Crippen LogP contribution in [0, 0.1) is 0 Å². The third-order valence-electron chi connectivity index (χ3n) is 4.68. The van der Waals surface area contributed by atoms with Crippen molar-refractivity contribution in [1.29, 1.82) is 0 Å². The molecule has 0 saturated heterocycles. The van der Waals surface area contributed by atoms with Crippen molar-refractivity contribution in [2.24, 2.45) is 0 Å². The van der Waals surface area contributed by atoms with E-state index >= 15 is 0 Å². The van der Waals surface area contributed by atoms with Gasteiger partial charge in [-0.15, -0.1) is 0 Å². The second-order valence-corrected chi connectivity index (χ2v) is 6.02. The van der Waals surface area contributed by atoms with Crippen LogP contribution in [0.25, 0.3) is 21.5 Å². The van der Waals surface area contributed by atoms with Crippen molar-refractivity contribution < 1.29 is 10.2 Å². The molecule has 0 aliphatic rings. The van der Waals surface area contributed by atoms with E-state index in [-0.39, 0.29) is 18.3 Å². The average Bonchev–Trinajstić information content (AvgIpc) is 2.64. The van der Waals surface area contributed by atoms with E-state index in [9.17, 15) is 10.2 Å². The third kappa shape index (κ3) is 2.32. The maximum Gasteiger partial charge on any atom is 0.120 e. The fourth-order valence-corrected chi connectivity index (χ4v) is 3.55. The van der Waals surface area contributed by atoms with Crippen molar-refractivity contribution in [2.45, 2.75) is 5.92 Å². The van der Waals surface area contributed by atoms with Crippen LogP contribution in [0.3, 0.4) is 0 Å². The van der Waals surface area contributed by atoms with Crippen molar-refractivity contribution in [3.8, 4) is 5.75 Å². The molecule has 4 rings (SSSR count). The van der Waals surface area contributed by atoms with Gasteiger partial charge in [0.2, 0.25) is 0 Å². The number of phenolic OH excluding ortho intramolecular Hbond substituents is 1. The van der Waals surface area contributed by atoms with Crippen LogP contribution in [0.15, 0.2) is 78.9 Å². The van der Waals surface area contributed by atoms with Crippen LogP contribution >= 0.6 is 0 Å². The molecule has 0 radical (unpaired) electrons. The Morgan fingerprint density at radius 2 is 1.29 bits per heavy atom. The molecule has 2 nitrogen and oxygen atoms in total. The molecule has 0 aliphatic heterocycles. The largest absolute Gasteiger partial charge is 0.508 e. The molecular weight excluding hydrogens is 296 g/mol. The van der Waals surface area contributed by atoms with Crippen LogP contribution < -0.4 is 0 Å². The molecule has 0 aromatic heterocycles. The van der Waals surface area contributed by atoms with E-state index in [0.717, 1.165) is 32.7 Å². The molecule has 0 aliphatic carbocycles. The first kappa shape index (κ1) is 14.7. The Kier molecular flexibility index (Phi) is 3.68. The highest BCUT2D eigenvalue weighted by molar-refractivity contribution is 5.91. The van der Waals surface area contributed by atoms with Gasteiger partial charge in [0.1, 0.15) is 5.75 Å². The number of benzene rings is 4. The molecule has 0 saturated carbocycles. The average molecular weight is 314 g/mol. The van der Waals surface area contributed by atoms with Crippen molar-refractivity contribution >= 4 is 21.5 Å². The van der Waals surface area contributed by atoms with Gasteiger partial charge in [0.05, 0.1) is 6.61 Å². The number of hydrogen-bond donors (Lipinski definition) is 2. The van der Waals surface area contributed by atoms with E-state index < -0.39 is 0 Å². The topological polar surface area (TPSA) is 40.5 Å².